The van der Waals surface area contributed by atoms with E-state index in [0.29, 0.717) is 12.3 Å². The molecule has 1 unspecified atom stereocenters. The molecule has 33 heavy (non-hydrogen) atoms. The van der Waals surface area contributed by atoms with E-state index in [-0.39, 0.29) is 30.6 Å². The smallest absolute Gasteiger partial charge is 0.407 e. The summed E-state index contributed by atoms with van der Waals surface area (Å²) in [4.78, 5) is 35.2. The van der Waals surface area contributed by atoms with Crippen LogP contribution in [-0.4, -0.2) is 53.8 Å². The SMILES string of the molecule is CC#CCC(NC(=O)CSCCNC(=O)OCC1c2ccccc2-c2ccccc21)C(=O)O. The van der Waals surface area contributed by atoms with Gasteiger partial charge in [0.2, 0.25) is 5.91 Å². The second-order valence-corrected chi connectivity index (χ2v) is 8.50. The fourth-order valence-electron chi connectivity index (χ4n) is 3.68. The van der Waals surface area contributed by atoms with E-state index in [0.717, 1.165) is 11.1 Å². The van der Waals surface area contributed by atoms with Gasteiger partial charge < -0.3 is 20.5 Å². The average Bonchev–Trinajstić information content (AvgIpc) is 3.13. The third kappa shape index (κ3) is 6.53. The minimum atomic E-state index is -1.12. The molecule has 0 fully saturated rings. The van der Waals surface area contributed by atoms with Crippen molar-refractivity contribution in [3.05, 3.63) is 59.7 Å². The Bertz CT molecular complexity index is 1030. The predicted octanol–water partition coefficient (Wildman–Crippen LogP) is 3.24. The molecular weight excluding hydrogens is 440 g/mol. The van der Waals surface area contributed by atoms with Crippen molar-refractivity contribution >= 4 is 29.7 Å². The number of ether oxygens (including phenoxy) is 1. The number of carboxylic acid groups (broad SMARTS) is 1. The Kier molecular flexibility index (Phi) is 8.79. The van der Waals surface area contributed by atoms with Crippen molar-refractivity contribution in [1.82, 2.24) is 10.6 Å². The summed E-state index contributed by atoms with van der Waals surface area (Å²) in [6.07, 6.45) is -0.447. The Morgan fingerprint density at radius 1 is 1.09 bits per heavy atom. The summed E-state index contributed by atoms with van der Waals surface area (Å²) in [5.41, 5.74) is 4.64. The van der Waals surface area contributed by atoms with E-state index >= 15 is 0 Å². The molecular formula is C25H26N2O5S. The number of hydrogen-bond acceptors (Lipinski definition) is 5. The van der Waals surface area contributed by atoms with E-state index < -0.39 is 18.1 Å². The largest absolute Gasteiger partial charge is 0.480 e. The van der Waals surface area contributed by atoms with Gasteiger partial charge in [-0.3, -0.25) is 4.79 Å². The topological polar surface area (TPSA) is 105 Å². The first-order valence-corrected chi connectivity index (χ1v) is 11.7. The number of aliphatic carboxylic acids is 1. The number of thioether (sulfide) groups is 1. The second-order valence-electron chi connectivity index (χ2n) is 7.39. The Morgan fingerprint density at radius 2 is 1.73 bits per heavy atom. The fraction of sp³-hybridized carbons (Fsp3) is 0.320. The van der Waals surface area contributed by atoms with E-state index in [1.807, 2.05) is 24.3 Å². The highest BCUT2D eigenvalue weighted by atomic mass is 32.2. The van der Waals surface area contributed by atoms with Gasteiger partial charge >= 0.3 is 12.1 Å². The summed E-state index contributed by atoms with van der Waals surface area (Å²) in [6, 6.07) is 15.2. The summed E-state index contributed by atoms with van der Waals surface area (Å²) in [6.45, 7) is 2.19. The van der Waals surface area contributed by atoms with E-state index in [1.165, 1.54) is 22.9 Å². The molecule has 8 heteroatoms. The van der Waals surface area contributed by atoms with E-state index in [9.17, 15) is 14.4 Å². The highest BCUT2D eigenvalue weighted by molar-refractivity contribution is 7.99. The Morgan fingerprint density at radius 3 is 2.33 bits per heavy atom. The lowest BCUT2D eigenvalue weighted by atomic mass is 9.98. The molecule has 0 radical (unpaired) electrons. The van der Waals surface area contributed by atoms with Gasteiger partial charge in [-0.2, -0.15) is 11.8 Å². The first-order valence-electron chi connectivity index (χ1n) is 10.6. The van der Waals surface area contributed by atoms with Gasteiger partial charge in [0.15, 0.2) is 0 Å². The van der Waals surface area contributed by atoms with Crippen LogP contribution in [0.25, 0.3) is 11.1 Å². The van der Waals surface area contributed by atoms with Crippen molar-refractivity contribution in [1.29, 1.82) is 0 Å². The van der Waals surface area contributed by atoms with Gasteiger partial charge in [0, 0.05) is 24.6 Å². The quantitative estimate of drug-likeness (QED) is 0.367. The zero-order chi connectivity index (χ0) is 23.6. The number of carbonyl (C=O) groups excluding carboxylic acids is 2. The van der Waals surface area contributed by atoms with Crippen LogP contribution in [0.4, 0.5) is 4.79 Å². The van der Waals surface area contributed by atoms with Gasteiger partial charge in [-0.1, -0.05) is 48.5 Å². The normalized spacial score (nSPS) is 12.5. The maximum Gasteiger partial charge on any atom is 0.407 e. The van der Waals surface area contributed by atoms with Crippen molar-refractivity contribution in [2.75, 3.05) is 24.7 Å². The number of alkyl carbamates (subject to hydrolysis) is 1. The Balaban J connectivity index is 1.37. The molecule has 0 aliphatic heterocycles. The summed E-state index contributed by atoms with van der Waals surface area (Å²) in [5, 5.41) is 14.2. The van der Waals surface area contributed by atoms with Gasteiger partial charge in [-0.15, -0.1) is 11.8 Å². The van der Waals surface area contributed by atoms with Crippen LogP contribution in [0.15, 0.2) is 48.5 Å². The van der Waals surface area contributed by atoms with Gasteiger partial charge in [0.05, 0.1) is 5.75 Å². The molecule has 0 aromatic heterocycles. The molecule has 2 amide bonds. The molecule has 0 saturated heterocycles. The Hall–Kier alpha value is -3.44. The standard InChI is InChI=1S/C25H26N2O5S/c1-2-3-12-22(24(29)30)27-23(28)16-33-14-13-26-25(31)32-15-21-19-10-6-4-8-17(19)18-9-5-7-11-20(18)21/h4-11,21-22H,12-16H2,1H3,(H,26,31)(H,27,28)(H,29,30). The van der Waals surface area contributed by atoms with Gasteiger partial charge in [-0.05, 0) is 29.2 Å². The molecule has 3 N–H and O–H groups in total. The molecule has 0 heterocycles. The first kappa shape index (κ1) is 24.2. The maximum atomic E-state index is 12.1. The molecule has 1 aliphatic carbocycles. The molecule has 2 aromatic carbocycles. The first-order chi connectivity index (χ1) is 16.0. The van der Waals surface area contributed by atoms with Crippen LogP contribution in [0.5, 0.6) is 0 Å². The number of carbonyl (C=O) groups is 3. The molecule has 7 nitrogen and oxygen atoms in total. The number of nitrogens with one attached hydrogen (secondary N) is 2. The zero-order valence-corrected chi connectivity index (χ0v) is 19.1. The summed E-state index contributed by atoms with van der Waals surface area (Å²) in [7, 11) is 0. The van der Waals surface area contributed by atoms with Crippen molar-refractivity contribution < 1.29 is 24.2 Å². The molecule has 172 valence electrons. The van der Waals surface area contributed by atoms with Crippen LogP contribution < -0.4 is 10.6 Å². The lowest BCUT2D eigenvalue weighted by Gasteiger charge is -2.14. The van der Waals surface area contributed by atoms with Crippen LogP contribution in [0.3, 0.4) is 0 Å². The van der Waals surface area contributed by atoms with Crippen LogP contribution in [-0.2, 0) is 14.3 Å². The number of fused-ring (bicyclic) bond motifs is 3. The summed E-state index contributed by atoms with van der Waals surface area (Å²) in [5.74, 6) is 4.35. The van der Waals surface area contributed by atoms with Gasteiger partial charge in [0.25, 0.3) is 0 Å². The summed E-state index contributed by atoms with van der Waals surface area (Å²) < 4.78 is 5.47. The molecule has 2 aromatic rings. The van der Waals surface area contributed by atoms with Crippen LogP contribution in [0.1, 0.15) is 30.4 Å². The number of rotatable bonds is 10. The minimum Gasteiger partial charge on any atom is -0.480 e. The van der Waals surface area contributed by atoms with Crippen molar-refractivity contribution in [2.24, 2.45) is 0 Å². The third-order valence-electron chi connectivity index (χ3n) is 5.21. The minimum absolute atomic E-state index is 0.000741. The number of carboxylic acids is 1. The van der Waals surface area contributed by atoms with Crippen LogP contribution >= 0.6 is 11.8 Å². The second kappa shape index (κ2) is 12.0. The molecule has 0 spiro atoms. The molecule has 1 aliphatic rings. The molecule has 0 saturated carbocycles. The summed E-state index contributed by atoms with van der Waals surface area (Å²) >= 11 is 1.29. The number of amides is 2. The van der Waals surface area contributed by atoms with Crippen LogP contribution in [0, 0.1) is 11.8 Å². The number of hydrogen-bond donors (Lipinski definition) is 3. The Labute approximate surface area is 197 Å². The predicted molar refractivity (Wildman–Crippen MR) is 128 cm³/mol. The van der Waals surface area contributed by atoms with Crippen molar-refractivity contribution in [2.45, 2.75) is 25.3 Å². The van der Waals surface area contributed by atoms with Gasteiger partial charge in [0.1, 0.15) is 12.6 Å². The number of benzene rings is 2. The van der Waals surface area contributed by atoms with Crippen molar-refractivity contribution in [3.63, 3.8) is 0 Å². The highest BCUT2D eigenvalue weighted by Gasteiger charge is 2.28. The molecule has 3 rings (SSSR count). The third-order valence-corrected chi connectivity index (χ3v) is 6.17. The lowest BCUT2D eigenvalue weighted by Crippen LogP contribution is -2.41. The maximum absolute atomic E-state index is 12.1. The fourth-order valence-corrected chi connectivity index (χ4v) is 4.34. The average molecular weight is 467 g/mol. The van der Waals surface area contributed by atoms with E-state index in [2.05, 4.69) is 46.7 Å². The lowest BCUT2D eigenvalue weighted by molar-refractivity contribution is -0.141. The van der Waals surface area contributed by atoms with E-state index in [1.54, 1.807) is 6.92 Å². The monoisotopic (exact) mass is 466 g/mol. The zero-order valence-electron chi connectivity index (χ0n) is 18.3. The van der Waals surface area contributed by atoms with E-state index in [4.69, 9.17) is 9.84 Å². The van der Waals surface area contributed by atoms with Crippen LogP contribution in [0.2, 0.25) is 0 Å². The highest BCUT2D eigenvalue weighted by Crippen LogP contribution is 2.44. The van der Waals surface area contributed by atoms with Gasteiger partial charge in [-0.25, -0.2) is 9.59 Å². The molecule has 0 bridgehead atoms. The van der Waals surface area contributed by atoms with Crippen molar-refractivity contribution in [3.8, 4) is 23.0 Å². The molecule has 1 atom stereocenters.